The van der Waals surface area contributed by atoms with Crippen molar-refractivity contribution in [2.75, 3.05) is 0 Å². The number of rotatable bonds is 3. The van der Waals surface area contributed by atoms with Gasteiger partial charge in [-0.25, -0.2) is 4.98 Å². The Morgan fingerprint density at radius 1 is 1.12 bits per heavy atom. The molecule has 0 radical (unpaired) electrons. The van der Waals surface area contributed by atoms with Gasteiger partial charge in [-0.2, -0.15) is 0 Å². The van der Waals surface area contributed by atoms with Gasteiger partial charge in [-0.05, 0) is 12.1 Å². The van der Waals surface area contributed by atoms with E-state index in [0.717, 1.165) is 0 Å². The molecule has 84 valence electrons. The summed E-state index contributed by atoms with van der Waals surface area (Å²) in [5, 5.41) is 0. The second-order valence-corrected chi connectivity index (χ2v) is 3.40. The molecular formula is C12H10N3O2+. The molecule has 2 aromatic rings. The molecule has 0 unspecified atom stereocenters. The lowest BCUT2D eigenvalue weighted by molar-refractivity contribution is -0.378. The number of nitrogens with one attached hydrogen (secondary N) is 1. The van der Waals surface area contributed by atoms with Gasteiger partial charge in [0.1, 0.15) is 5.56 Å². The number of ketones is 1. The van der Waals surface area contributed by atoms with Crippen LogP contribution in [0.3, 0.4) is 0 Å². The summed E-state index contributed by atoms with van der Waals surface area (Å²) in [4.78, 5) is 29.9. The molecule has 2 rings (SSSR count). The summed E-state index contributed by atoms with van der Waals surface area (Å²) in [7, 11) is 0. The van der Waals surface area contributed by atoms with E-state index >= 15 is 0 Å². The van der Waals surface area contributed by atoms with E-state index in [-0.39, 0.29) is 16.9 Å². The van der Waals surface area contributed by atoms with Gasteiger partial charge in [-0.1, -0.05) is 0 Å². The fourth-order valence-corrected chi connectivity index (χ4v) is 1.49. The third-order valence-electron chi connectivity index (χ3n) is 2.32. The molecule has 0 atom stereocenters. The van der Waals surface area contributed by atoms with Gasteiger partial charge in [0.05, 0.1) is 0 Å². The number of aromatic nitrogens is 2. The first-order valence-corrected chi connectivity index (χ1v) is 4.95. The number of aromatic amines is 1. The molecule has 0 saturated heterocycles. The van der Waals surface area contributed by atoms with Gasteiger partial charge in [0.25, 0.3) is 5.91 Å². The average molecular weight is 228 g/mol. The van der Waals surface area contributed by atoms with E-state index in [4.69, 9.17) is 5.73 Å². The highest BCUT2D eigenvalue weighted by molar-refractivity contribution is 6.14. The molecule has 2 aromatic heterocycles. The molecule has 5 nitrogen and oxygen atoms in total. The number of amides is 1. The standard InChI is InChI=1S/C12H9N3O2/c13-12(17)10-7-15-6-3-9(10)11(16)8-1-4-14-5-2-8/h1-7H,(H2,13,17)/p+1. The number of nitrogens with two attached hydrogens (primary N) is 1. The highest BCUT2D eigenvalue weighted by Crippen LogP contribution is 2.11. The summed E-state index contributed by atoms with van der Waals surface area (Å²) in [6.45, 7) is 0. The highest BCUT2D eigenvalue weighted by Gasteiger charge is 2.18. The van der Waals surface area contributed by atoms with Crippen LogP contribution in [0.2, 0.25) is 0 Å². The van der Waals surface area contributed by atoms with Gasteiger partial charge >= 0.3 is 0 Å². The normalized spacial score (nSPS) is 9.88. The number of pyridine rings is 2. The van der Waals surface area contributed by atoms with E-state index in [0.29, 0.717) is 5.56 Å². The van der Waals surface area contributed by atoms with E-state index in [1.165, 1.54) is 24.7 Å². The Kier molecular flexibility index (Phi) is 2.91. The molecule has 0 aliphatic rings. The molecule has 0 aliphatic carbocycles. The Morgan fingerprint density at radius 3 is 2.47 bits per heavy atom. The molecule has 0 fully saturated rings. The van der Waals surface area contributed by atoms with Crippen LogP contribution in [-0.4, -0.2) is 16.7 Å². The van der Waals surface area contributed by atoms with Crippen molar-refractivity contribution in [1.82, 2.24) is 4.98 Å². The van der Waals surface area contributed by atoms with E-state index in [2.05, 4.69) is 9.97 Å². The predicted octanol–water partition coefficient (Wildman–Crippen LogP) is 0.226. The minimum Gasteiger partial charge on any atom is -0.365 e. The van der Waals surface area contributed by atoms with Crippen molar-refractivity contribution in [3.05, 3.63) is 59.7 Å². The molecule has 0 spiro atoms. The van der Waals surface area contributed by atoms with Crippen LogP contribution in [0.25, 0.3) is 0 Å². The summed E-state index contributed by atoms with van der Waals surface area (Å²) in [5.74, 6) is -0.894. The summed E-state index contributed by atoms with van der Waals surface area (Å²) in [5.41, 5.74) is 6.13. The van der Waals surface area contributed by atoms with Crippen LogP contribution in [0, 0.1) is 0 Å². The Bertz CT molecular complexity index is 567. The average Bonchev–Trinajstić information content (AvgIpc) is 2.39. The summed E-state index contributed by atoms with van der Waals surface area (Å²) < 4.78 is 0. The van der Waals surface area contributed by atoms with Gasteiger partial charge in [0, 0.05) is 29.6 Å². The van der Waals surface area contributed by atoms with Crippen molar-refractivity contribution in [3.63, 3.8) is 0 Å². The lowest BCUT2D eigenvalue weighted by Gasteiger charge is -2.02. The van der Waals surface area contributed by atoms with Gasteiger partial charge in [-0.15, -0.1) is 0 Å². The molecule has 5 heteroatoms. The van der Waals surface area contributed by atoms with Gasteiger partial charge in [0.2, 0.25) is 0 Å². The number of H-pyrrole nitrogens is 1. The van der Waals surface area contributed by atoms with Gasteiger partial charge < -0.3 is 5.73 Å². The first kappa shape index (κ1) is 10.9. The fraction of sp³-hybridized carbons (Fsp3) is 0. The lowest BCUT2D eigenvalue weighted by atomic mass is 10.0. The van der Waals surface area contributed by atoms with Crippen molar-refractivity contribution >= 4 is 11.7 Å². The van der Waals surface area contributed by atoms with E-state index in [9.17, 15) is 9.59 Å². The lowest BCUT2D eigenvalue weighted by Crippen LogP contribution is -2.20. The first-order valence-electron chi connectivity index (χ1n) is 4.95. The van der Waals surface area contributed by atoms with Crippen molar-refractivity contribution in [2.24, 2.45) is 5.73 Å². The van der Waals surface area contributed by atoms with E-state index in [1.54, 1.807) is 18.3 Å². The van der Waals surface area contributed by atoms with Crippen molar-refractivity contribution in [3.8, 4) is 0 Å². The van der Waals surface area contributed by atoms with Crippen molar-refractivity contribution in [2.45, 2.75) is 0 Å². The highest BCUT2D eigenvalue weighted by atomic mass is 16.1. The monoisotopic (exact) mass is 228 g/mol. The minimum absolute atomic E-state index is 0.175. The Balaban J connectivity index is 2.48. The van der Waals surface area contributed by atoms with E-state index < -0.39 is 5.91 Å². The van der Waals surface area contributed by atoms with Crippen LogP contribution >= 0.6 is 0 Å². The van der Waals surface area contributed by atoms with Crippen molar-refractivity contribution < 1.29 is 14.6 Å². The molecule has 0 bridgehead atoms. The van der Waals surface area contributed by atoms with Crippen LogP contribution in [0.15, 0.2) is 43.0 Å². The second-order valence-electron chi connectivity index (χ2n) is 3.40. The molecule has 0 aromatic carbocycles. The Labute approximate surface area is 97.3 Å². The summed E-state index contributed by atoms with van der Waals surface area (Å²) in [6.07, 6.45) is 6.02. The topological polar surface area (TPSA) is 87.2 Å². The van der Waals surface area contributed by atoms with Crippen LogP contribution < -0.4 is 10.7 Å². The maximum atomic E-state index is 12.1. The van der Waals surface area contributed by atoms with Crippen molar-refractivity contribution in [1.29, 1.82) is 0 Å². The maximum Gasteiger partial charge on any atom is 0.255 e. The van der Waals surface area contributed by atoms with Crippen LogP contribution in [0.5, 0.6) is 0 Å². The van der Waals surface area contributed by atoms with Crippen LogP contribution in [-0.2, 0) is 0 Å². The zero-order chi connectivity index (χ0) is 12.3. The SMILES string of the molecule is NC(=O)c1c[nH+]ccc1C(=O)c1ccncc1. The first-order chi connectivity index (χ1) is 8.20. The zero-order valence-corrected chi connectivity index (χ0v) is 8.88. The molecule has 3 N–H and O–H groups in total. The number of hydrogen-bond acceptors (Lipinski definition) is 3. The number of hydrogen-bond donors (Lipinski definition) is 1. The molecule has 2 heterocycles. The minimum atomic E-state index is -0.640. The van der Waals surface area contributed by atoms with Crippen LogP contribution in [0.4, 0.5) is 0 Å². The largest absolute Gasteiger partial charge is 0.365 e. The maximum absolute atomic E-state index is 12.1. The number of carbonyl (C=O) groups excluding carboxylic acids is 2. The third kappa shape index (κ3) is 2.17. The number of primary amides is 1. The van der Waals surface area contributed by atoms with Gasteiger partial charge in [-0.3, -0.25) is 14.6 Å². The Morgan fingerprint density at radius 2 is 1.82 bits per heavy atom. The molecular weight excluding hydrogens is 218 g/mol. The Hall–Kier alpha value is -2.56. The molecule has 0 saturated carbocycles. The molecule has 1 amide bonds. The fourth-order valence-electron chi connectivity index (χ4n) is 1.49. The van der Waals surface area contributed by atoms with E-state index in [1.807, 2.05) is 0 Å². The number of nitrogens with zero attached hydrogens (tertiary/aromatic N) is 1. The smallest absolute Gasteiger partial charge is 0.255 e. The van der Waals surface area contributed by atoms with Crippen LogP contribution in [0.1, 0.15) is 26.3 Å². The second kappa shape index (κ2) is 4.52. The van der Waals surface area contributed by atoms with Gasteiger partial charge in [0.15, 0.2) is 18.2 Å². The zero-order valence-electron chi connectivity index (χ0n) is 8.88. The number of carbonyl (C=O) groups is 2. The third-order valence-corrected chi connectivity index (χ3v) is 2.32. The molecule has 17 heavy (non-hydrogen) atoms. The summed E-state index contributed by atoms with van der Waals surface area (Å²) >= 11 is 0. The molecule has 0 aliphatic heterocycles. The predicted molar refractivity (Wildman–Crippen MR) is 59.2 cm³/mol. The quantitative estimate of drug-likeness (QED) is 0.762. The summed E-state index contributed by atoms with van der Waals surface area (Å²) in [6, 6.07) is 4.70.